The lowest BCUT2D eigenvalue weighted by molar-refractivity contribution is -0.383. The lowest BCUT2D eigenvalue weighted by atomic mass is 10.1. The molecule has 2 amide bonds. The molecule has 1 heterocycles. The van der Waals surface area contributed by atoms with Gasteiger partial charge in [0.1, 0.15) is 5.69 Å². The molecule has 0 bridgehead atoms. The summed E-state index contributed by atoms with van der Waals surface area (Å²) >= 11 is 0. The van der Waals surface area contributed by atoms with Crippen LogP contribution in [0, 0.1) is 10.1 Å². The maximum Gasteiger partial charge on any atom is 0.293 e. The van der Waals surface area contributed by atoms with Gasteiger partial charge in [0.05, 0.1) is 11.5 Å². The topological polar surface area (TPSA) is 108 Å². The van der Waals surface area contributed by atoms with Crippen molar-refractivity contribution in [3.63, 3.8) is 0 Å². The maximum absolute atomic E-state index is 12.9. The van der Waals surface area contributed by atoms with Crippen LogP contribution in [0.4, 0.5) is 17.1 Å². The van der Waals surface area contributed by atoms with Crippen LogP contribution in [0.1, 0.15) is 24.2 Å². The Morgan fingerprint density at radius 2 is 1.74 bits per heavy atom. The van der Waals surface area contributed by atoms with E-state index in [2.05, 4.69) is 10.6 Å². The molecule has 1 fully saturated rings. The van der Waals surface area contributed by atoms with Gasteiger partial charge in [0.15, 0.2) is 0 Å². The van der Waals surface area contributed by atoms with E-state index in [1.165, 1.54) is 6.07 Å². The molecule has 9 nitrogen and oxygen atoms in total. The summed E-state index contributed by atoms with van der Waals surface area (Å²) in [6.07, 6.45) is 0. The number of para-hydroxylation sites is 1. The predicted molar refractivity (Wildman–Crippen MR) is 118 cm³/mol. The minimum Gasteiger partial charge on any atom is -0.353 e. The van der Waals surface area contributed by atoms with E-state index >= 15 is 0 Å². The summed E-state index contributed by atoms with van der Waals surface area (Å²) in [5.41, 5.74) is 1.17. The summed E-state index contributed by atoms with van der Waals surface area (Å²) in [5.74, 6) is -0.285. The largest absolute Gasteiger partial charge is 0.353 e. The molecule has 2 aromatic carbocycles. The van der Waals surface area contributed by atoms with E-state index in [0.717, 1.165) is 5.69 Å². The zero-order valence-electron chi connectivity index (χ0n) is 17.7. The smallest absolute Gasteiger partial charge is 0.293 e. The van der Waals surface area contributed by atoms with Gasteiger partial charge in [-0.15, -0.1) is 0 Å². The quantitative estimate of drug-likeness (QED) is 0.522. The number of carbonyl (C=O) groups is 2. The lowest BCUT2D eigenvalue weighted by Crippen LogP contribution is -2.51. The van der Waals surface area contributed by atoms with Gasteiger partial charge in [-0.1, -0.05) is 18.2 Å². The summed E-state index contributed by atoms with van der Waals surface area (Å²) in [6.45, 7) is 6.20. The molecular weight excluding hydrogens is 398 g/mol. The van der Waals surface area contributed by atoms with Crippen molar-refractivity contribution < 1.29 is 14.5 Å². The van der Waals surface area contributed by atoms with Crippen LogP contribution in [0.15, 0.2) is 48.5 Å². The van der Waals surface area contributed by atoms with Gasteiger partial charge < -0.3 is 15.5 Å². The molecule has 9 heteroatoms. The molecular formula is C22H27N5O4. The minimum atomic E-state index is -0.493. The van der Waals surface area contributed by atoms with Crippen LogP contribution in [-0.4, -0.2) is 65.3 Å². The Morgan fingerprint density at radius 1 is 1.06 bits per heavy atom. The van der Waals surface area contributed by atoms with Crippen molar-refractivity contribution in [3.05, 3.63) is 64.2 Å². The van der Waals surface area contributed by atoms with E-state index in [4.69, 9.17) is 0 Å². The number of carbonyl (C=O) groups excluding carboxylic acids is 2. The van der Waals surface area contributed by atoms with Crippen molar-refractivity contribution in [3.8, 4) is 0 Å². The van der Waals surface area contributed by atoms with E-state index in [0.29, 0.717) is 38.4 Å². The van der Waals surface area contributed by atoms with E-state index in [9.17, 15) is 19.7 Å². The van der Waals surface area contributed by atoms with Crippen LogP contribution in [0.5, 0.6) is 0 Å². The number of anilines is 2. The van der Waals surface area contributed by atoms with Crippen LogP contribution in [0.25, 0.3) is 0 Å². The Balaban J connectivity index is 1.65. The molecule has 0 unspecified atom stereocenters. The molecule has 0 atom stereocenters. The van der Waals surface area contributed by atoms with Crippen LogP contribution in [-0.2, 0) is 4.79 Å². The number of amides is 2. The third kappa shape index (κ3) is 6.02. The Labute approximate surface area is 181 Å². The number of hydrogen-bond donors (Lipinski definition) is 2. The molecule has 0 spiro atoms. The van der Waals surface area contributed by atoms with Crippen molar-refractivity contribution in [1.82, 2.24) is 15.1 Å². The summed E-state index contributed by atoms with van der Waals surface area (Å²) in [7, 11) is 0. The minimum absolute atomic E-state index is 0.0353. The first kappa shape index (κ1) is 22.2. The molecule has 1 saturated heterocycles. The first-order valence-corrected chi connectivity index (χ1v) is 10.2. The molecule has 0 radical (unpaired) electrons. The molecule has 1 aliphatic heterocycles. The number of nitrogens with zero attached hydrogens (tertiary/aromatic N) is 3. The number of benzene rings is 2. The second-order valence-corrected chi connectivity index (χ2v) is 7.77. The highest BCUT2D eigenvalue weighted by atomic mass is 16.6. The van der Waals surface area contributed by atoms with Crippen LogP contribution in [0.2, 0.25) is 0 Å². The average Bonchev–Trinajstić information content (AvgIpc) is 2.74. The van der Waals surface area contributed by atoms with Crippen molar-refractivity contribution in [2.75, 3.05) is 38.0 Å². The number of hydrogen-bond acceptors (Lipinski definition) is 6. The number of rotatable bonds is 7. The molecule has 0 saturated carbocycles. The SMILES string of the molecule is CC(C)NC(=O)CN1CCN(C(=O)c2ccc(Nc3ccccc3)c([N+](=O)[O-])c2)CC1. The van der Waals surface area contributed by atoms with E-state index in [1.807, 2.05) is 49.1 Å². The Kier molecular flexibility index (Phi) is 7.19. The molecule has 2 N–H and O–H groups in total. The molecule has 2 aromatic rings. The van der Waals surface area contributed by atoms with Crippen molar-refractivity contribution in [2.24, 2.45) is 0 Å². The molecule has 164 valence electrons. The van der Waals surface area contributed by atoms with Crippen molar-refractivity contribution >= 4 is 28.9 Å². The van der Waals surface area contributed by atoms with Crippen LogP contribution < -0.4 is 10.6 Å². The van der Waals surface area contributed by atoms with Gasteiger partial charge in [0.2, 0.25) is 5.91 Å². The van der Waals surface area contributed by atoms with Crippen molar-refractivity contribution in [2.45, 2.75) is 19.9 Å². The monoisotopic (exact) mass is 425 g/mol. The van der Waals surface area contributed by atoms with Gasteiger partial charge in [-0.3, -0.25) is 24.6 Å². The summed E-state index contributed by atoms with van der Waals surface area (Å²) in [6, 6.07) is 13.7. The fraction of sp³-hybridized carbons (Fsp3) is 0.364. The fourth-order valence-electron chi connectivity index (χ4n) is 3.46. The molecule has 1 aliphatic rings. The van der Waals surface area contributed by atoms with Crippen LogP contribution in [0.3, 0.4) is 0 Å². The highest BCUT2D eigenvalue weighted by Gasteiger charge is 2.25. The zero-order valence-corrected chi connectivity index (χ0v) is 17.7. The van der Waals surface area contributed by atoms with Crippen LogP contribution >= 0.6 is 0 Å². The second kappa shape index (κ2) is 10.0. The van der Waals surface area contributed by atoms with Gasteiger partial charge in [0.25, 0.3) is 11.6 Å². The van der Waals surface area contributed by atoms with Gasteiger partial charge in [0, 0.05) is 49.5 Å². The van der Waals surface area contributed by atoms with Gasteiger partial charge in [-0.2, -0.15) is 0 Å². The number of nitro groups is 1. The summed E-state index contributed by atoms with van der Waals surface area (Å²) in [4.78, 5) is 39.6. The Bertz CT molecular complexity index is 940. The predicted octanol–water partition coefficient (Wildman–Crippen LogP) is 2.62. The first-order valence-electron chi connectivity index (χ1n) is 10.2. The third-order valence-corrected chi connectivity index (χ3v) is 4.97. The molecule has 0 aliphatic carbocycles. The number of nitro benzene ring substituents is 1. The van der Waals surface area contributed by atoms with E-state index in [1.54, 1.807) is 17.0 Å². The van der Waals surface area contributed by atoms with Gasteiger partial charge in [-0.25, -0.2) is 0 Å². The molecule has 3 rings (SSSR count). The second-order valence-electron chi connectivity index (χ2n) is 7.77. The standard InChI is InChI=1S/C22H27N5O4/c1-16(2)23-21(28)15-25-10-12-26(13-11-25)22(29)17-8-9-19(20(14-17)27(30)31)24-18-6-4-3-5-7-18/h3-9,14,16,24H,10-13,15H2,1-2H3,(H,23,28). The highest BCUT2D eigenvalue weighted by Crippen LogP contribution is 2.29. The lowest BCUT2D eigenvalue weighted by Gasteiger charge is -2.34. The zero-order chi connectivity index (χ0) is 22.4. The third-order valence-electron chi connectivity index (χ3n) is 4.97. The maximum atomic E-state index is 12.9. The number of nitrogens with one attached hydrogen (secondary N) is 2. The molecule has 31 heavy (non-hydrogen) atoms. The van der Waals surface area contributed by atoms with E-state index in [-0.39, 0.29) is 29.1 Å². The van der Waals surface area contributed by atoms with Gasteiger partial charge >= 0.3 is 0 Å². The molecule has 0 aromatic heterocycles. The van der Waals surface area contributed by atoms with Crippen molar-refractivity contribution in [1.29, 1.82) is 0 Å². The first-order chi connectivity index (χ1) is 14.8. The highest BCUT2D eigenvalue weighted by molar-refractivity contribution is 5.96. The van der Waals surface area contributed by atoms with E-state index < -0.39 is 4.92 Å². The normalized spacial score (nSPS) is 14.4. The number of piperazine rings is 1. The Hall–Kier alpha value is -3.46. The van der Waals surface area contributed by atoms with Gasteiger partial charge in [-0.05, 0) is 38.1 Å². The summed E-state index contributed by atoms with van der Waals surface area (Å²) in [5, 5.41) is 17.5. The Morgan fingerprint density at radius 3 is 2.35 bits per heavy atom. The fourth-order valence-corrected chi connectivity index (χ4v) is 3.46. The summed E-state index contributed by atoms with van der Waals surface area (Å²) < 4.78 is 0. The average molecular weight is 425 g/mol.